The summed E-state index contributed by atoms with van der Waals surface area (Å²) in [4.78, 5) is 24.0. The minimum absolute atomic E-state index is 0.0315. The minimum atomic E-state index is -0.755. The van der Waals surface area contributed by atoms with Gasteiger partial charge in [0.05, 0.1) is 0 Å². The summed E-state index contributed by atoms with van der Waals surface area (Å²) in [5, 5.41) is 6.69. The first kappa shape index (κ1) is 16.6. The summed E-state index contributed by atoms with van der Waals surface area (Å²) < 4.78 is 18.9. The van der Waals surface area contributed by atoms with E-state index in [0.29, 0.717) is 11.3 Å². The van der Waals surface area contributed by atoms with E-state index < -0.39 is 17.5 Å². The summed E-state index contributed by atoms with van der Waals surface area (Å²) >= 11 is 0. The normalized spacial score (nSPS) is 10.7. The molecule has 0 fully saturated rings. The van der Waals surface area contributed by atoms with Gasteiger partial charge in [-0.15, -0.1) is 5.10 Å². The molecule has 0 aliphatic heterocycles. The van der Waals surface area contributed by atoms with Crippen LogP contribution in [-0.2, 0) is 11.3 Å². The van der Waals surface area contributed by atoms with Crippen LogP contribution in [0.2, 0.25) is 0 Å². The summed E-state index contributed by atoms with van der Waals surface area (Å²) in [6.45, 7) is 3.64. The molecule has 0 saturated heterocycles. The second-order valence-corrected chi connectivity index (χ2v) is 5.68. The van der Waals surface area contributed by atoms with Crippen LogP contribution in [0.5, 0.6) is 0 Å². The minimum Gasteiger partial charge on any atom is -0.388 e. The molecular formula is C18H16FN3O3. The van der Waals surface area contributed by atoms with E-state index in [1.54, 1.807) is 6.07 Å². The van der Waals surface area contributed by atoms with Crippen molar-refractivity contribution in [3.63, 3.8) is 0 Å². The SMILES string of the molecule is Cc1ccc(NC(=O)Cn2nc(-c3ccc(F)cc3)oc2=O)cc1C. The van der Waals surface area contributed by atoms with Crippen molar-refractivity contribution in [2.45, 2.75) is 20.4 Å². The topological polar surface area (TPSA) is 77.1 Å². The standard InChI is InChI=1S/C18H16FN3O3/c1-11-3-8-15(9-12(11)2)20-16(23)10-22-18(24)25-17(21-22)13-4-6-14(19)7-5-13/h3-9H,10H2,1-2H3,(H,20,23). The van der Waals surface area contributed by atoms with E-state index in [2.05, 4.69) is 10.4 Å². The number of hydrogen-bond donors (Lipinski definition) is 1. The van der Waals surface area contributed by atoms with Crippen molar-refractivity contribution in [3.8, 4) is 11.5 Å². The molecule has 0 saturated carbocycles. The number of benzene rings is 2. The monoisotopic (exact) mass is 341 g/mol. The number of halogens is 1. The summed E-state index contributed by atoms with van der Waals surface area (Å²) in [5.74, 6) is -1.53. The molecule has 7 heteroatoms. The highest BCUT2D eigenvalue weighted by Crippen LogP contribution is 2.16. The van der Waals surface area contributed by atoms with Gasteiger partial charge in [-0.25, -0.2) is 9.18 Å². The van der Waals surface area contributed by atoms with Gasteiger partial charge in [-0.2, -0.15) is 4.68 Å². The highest BCUT2D eigenvalue weighted by Gasteiger charge is 2.13. The predicted molar refractivity (Wildman–Crippen MR) is 90.7 cm³/mol. The maximum atomic E-state index is 12.9. The number of carbonyl (C=O) groups excluding carboxylic acids is 1. The number of carbonyl (C=O) groups is 1. The fourth-order valence-electron chi connectivity index (χ4n) is 2.27. The average Bonchev–Trinajstić information content (AvgIpc) is 2.92. The third kappa shape index (κ3) is 3.82. The molecule has 1 amide bonds. The van der Waals surface area contributed by atoms with Crippen LogP contribution in [0.1, 0.15) is 11.1 Å². The molecule has 0 aliphatic carbocycles. The van der Waals surface area contributed by atoms with E-state index in [9.17, 15) is 14.0 Å². The van der Waals surface area contributed by atoms with Gasteiger partial charge in [0.25, 0.3) is 0 Å². The number of hydrogen-bond acceptors (Lipinski definition) is 4. The molecule has 25 heavy (non-hydrogen) atoms. The van der Waals surface area contributed by atoms with Crippen LogP contribution in [0.4, 0.5) is 10.1 Å². The van der Waals surface area contributed by atoms with Crippen LogP contribution in [0, 0.1) is 19.7 Å². The Hall–Kier alpha value is -3.22. The Bertz CT molecular complexity index is 974. The van der Waals surface area contributed by atoms with Gasteiger partial charge in [0.1, 0.15) is 12.4 Å². The first-order chi connectivity index (χ1) is 11.9. The molecule has 0 bridgehead atoms. The lowest BCUT2D eigenvalue weighted by molar-refractivity contribution is -0.117. The van der Waals surface area contributed by atoms with E-state index in [1.165, 1.54) is 24.3 Å². The Labute approximate surface area is 142 Å². The van der Waals surface area contributed by atoms with Crippen molar-refractivity contribution >= 4 is 11.6 Å². The van der Waals surface area contributed by atoms with Crippen molar-refractivity contribution in [3.05, 3.63) is 70.0 Å². The first-order valence-corrected chi connectivity index (χ1v) is 7.63. The first-order valence-electron chi connectivity index (χ1n) is 7.63. The molecule has 2 aromatic carbocycles. The van der Waals surface area contributed by atoms with Crippen LogP contribution in [0.25, 0.3) is 11.5 Å². The van der Waals surface area contributed by atoms with Gasteiger partial charge in [-0.05, 0) is 61.4 Å². The second-order valence-electron chi connectivity index (χ2n) is 5.68. The summed E-state index contributed by atoms with van der Waals surface area (Å²) in [5.41, 5.74) is 3.26. The lowest BCUT2D eigenvalue weighted by atomic mass is 10.1. The number of aromatic nitrogens is 2. The fourth-order valence-corrected chi connectivity index (χ4v) is 2.27. The van der Waals surface area contributed by atoms with Crippen LogP contribution in [0.15, 0.2) is 51.7 Å². The van der Waals surface area contributed by atoms with Crippen LogP contribution in [-0.4, -0.2) is 15.7 Å². The van der Waals surface area contributed by atoms with Crippen LogP contribution >= 0.6 is 0 Å². The maximum Gasteiger partial charge on any atom is 0.437 e. The van der Waals surface area contributed by atoms with Gasteiger partial charge in [0.2, 0.25) is 11.8 Å². The number of nitrogens with zero attached hydrogens (tertiary/aromatic N) is 2. The zero-order valence-corrected chi connectivity index (χ0v) is 13.7. The molecule has 128 valence electrons. The lowest BCUT2D eigenvalue weighted by Crippen LogP contribution is -2.25. The molecule has 1 N–H and O–H groups in total. The molecule has 1 heterocycles. The molecule has 0 radical (unpaired) electrons. The van der Waals surface area contributed by atoms with E-state index in [4.69, 9.17) is 4.42 Å². The number of anilines is 1. The molecule has 3 aromatic rings. The van der Waals surface area contributed by atoms with E-state index in [1.807, 2.05) is 26.0 Å². The molecule has 0 spiro atoms. The number of amides is 1. The van der Waals surface area contributed by atoms with E-state index in [-0.39, 0.29) is 12.4 Å². The smallest absolute Gasteiger partial charge is 0.388 e. The Balaban J connectivity index is 1.74. The molecule has 0 unspecified atom stereocenters. The maximum absolute atomic E-state index is 12.9. The van der Waals surface area contributed by atoms with E-state index >= 15 is 0 Å². The van der Waals surface area contributed by atoms with Crippen molar-refractivity contribution < 1.29 is 13.6 Å². The van der Waals surface area contributed by atoms with Crippen LogP contribution in [0.3, 0.4) is 0 Å². The highest BCUT2D eigenvalue weighted by molar-refractivity contribution is 5.90. The van der Waals surface area contributed by atoms with Gasteiger partial charge in [-0.1, -0.05) is 6.07 Å². The molecular weight excluding hydrogens is 325 g/mol. The van der Waals surface area contributed by atoms with Gasteiger partial charge in [0, 0.05) is 11.3 Å². The van der Waals surface area contributed by atoms with E-state index in [0.717, 1.165) is 15.8 Å². The van der Waals surface area contributed by atoms with Crippen molar-refractivity contribution in [1.29, 1.82) is 0 Å². The number of rotatable bonds is 4. The van der Waals surface area contributed by atoms with Gasteiger partial charge >= 0.3 is 5.76 Å². The van der Waals surface area contributed by atoms with Gasteiger partial charge < -0.3 is 9.73 Å². The highest BCUT2D eigenvalue weighted by atomic mass is 19.1. The van der Waals surface area contributed by atoms with Crippen LogP contribution < -0.4 is 11.1 Å². The Morgan fingerprint density at radius 3 is 2.56 bits per heavy atom. The summed E-state index contributed by atoms with van der Waals surface area (Å²) in [6, 6.07) is 10.9. The second kappa shape index (κ2) is 6.72. The third-order valence-electron chi connectivity index (χ3n) is 3.78. The Morgan fingerprint density at radius 2 is 1.88 bits per heavy atom. The molecule has 6 nitrogen and oxygen atoms in total. The van der Waals surface area contributed by atoms with Crippen molar-refractivity contribution in [2.75, 3.05) is 5.32 Å². The van der Waals surface area contributed by atoms with Crippen molar-refractivity contribution in [1.82, 2.24) is 9.78 Å². The summed E-state index contributed by atoms with van der Waals surface area (Å²) in [7, 11) is 0. The average molecular weight is 341 g/mol. The zero-order valence-electron chi connectivity index (χ0n) is 13.7. The summed E-state index contributed by atoms with van der Waals surface area (Å²) in [6.07, 6.45) is 0. The predicted octanol–water partition coefficient (Wildman–Crippen LogP) is 2.90. The lowest BCUT2D eigenvalue weighted by Gasteiger charge is -2.07. The largest absolute Gasteiger partial charge is 0.437 e. The third-order valence-corrected chi connectivity index (χ3v) is 3.78. The quantitative estimate of drug-likeness (QED) is 0.791. The van der Waals surface area contributed by atoms with Gasteiger partial charge in [0.15, 0.2) is 0 Å². The zero-order chi connectivity index (χ0) is 18.0. The van der Waals surface area contributed by atoms with Crippen molar-refractivity contribution in [2.24, 2.45) is 0 Å². The molecule has 0 atom stereocenters. The van der Waals surface area contributed by atoms with Gasteiger partial charge in [-0.3, -0.25) is 4.79 Å². The molecule has 3 rings (SSSR count). The Kier molecular flexibility index (Phi) is 4.47. The molecule has 1 aromatic heterocycles. The molecule has 0 aliphatic rings. The number of nitrogens with one attached hydrogen (secondary N) is 1. The number of aryl methyl sites for hydroxylation is 2. The Morgan fingerprint density at radius 1 is 1.16 bits per heavy atom. The fraction of sp³-hybridized carbons (Fsp3) is 0.167.